The molecule has 0 aliphatic carbocycles. The lowest BCUT2D eigenvalue weighted by molar-refractivity contribution is 0.267. The minimum absolute atomic E-state index is 0.234. The molecule has 2 atom stereocenters. The molecule has 1 aliphatic heterocycles. The Labute approximate surface area is 115 Å². The van der Waals surface area contributed by atoms with Crippen molar-refractivity contribution in [2.24, 2.45) is 0 Å². The van der Waals surface area contributed by atoms with Crippen LogP contribution in [0.5, 0.6) is 5.75 Å². The maximum absolute atomic E-state index is 9.14. The Morgan fingerprint density at radius 1 is 1.47 bits per heavy atom. The monoisotopic (exact) mass is 264 g/mol. The first-order valence-corrected chi connectivity index (χ1v) is 6.99. The van der Waals surface area contributed by atoms with Gasteiger partial charge in [-0.05, 0) is 38.4 Å². The first-order valence-electron chi connectivity index (χ1n) is 6.99. The molecular weight excluding hydrogens is 240 g/mol. The molecule has 4 heteroatoms. The van der Waals surface area contributed by atoms with E-state index in [1.54, 1.807) is 7.11 Å². The van der Waals surface area contributed by atoms with Crippen LogP contribution in [-0.4, -0.2) is 44.0 Å². The highest BCUT2D eigenvalue weighted by molar-refractivity contribution is 5.51. The van der Waals surface area contributed by atoms with E-state index in [2.05, 4.69) is 29.3 Å². The molecule has 0 bridgehead atoms. The molecule has 0 amide bonds. The van der Waals surface area contributed by atoms with Gasteiger partial charge in [-0.1, -0.05) is 6.07 Å². The molecule has 0 aromatic heterocycles. The summed E-state index contributed by atoms with van der Waals surface area (Å²) in [4.78, 5) is 2.41. The third kappa shape index (κ3) is 3.61. The summed E-state index contributed by atoms with van der Waals surface area (Å²) in [5, 5.41) is 12.6. The molecule has 1 heterocycles. The minimum Gasteiger partial charge on any atom is -0.497 e. The first kappa shape index (κ1) is 14.2. The van der Waals surface area contributed by atoms with Crippen molar-refractivity contribution in [3.05, 3.63) is 24.3 Å². The van der Waals surface area contributed by atoms with Gasteiger partial charge in [0.05, 0.1) is 7.11 Å². The zero-order valence-corrected chi connectivity index (χ0v) is 11.8. The fraction of sp³-hybridized carbons (Fsp3) is 0.600. The number of anilines is 1. The number of nitrogens with one attached hydrogen (secondary N) is 1. The Kier molecular flexibility index (Phi) is 5.05. The Bertz CT molecular complexity index is 397. The van der Waals surface area contributed by atoms with Crippen LogP contribution in [0.25, 0.3) is 0 Å². The molecule has 1 aromatic rings. The molecule has 0 saturated carbocycles. The standard InChI is InChI=1S/C15H24N2O2/c1-12-6-8-16-13(7-9-18)11-17(12)14-4-3-5-15(10-14)19-2/h3-5,10,12-13,16,18H,6-9,11H2,1-2H3. The number of hydrogen-bond acceptors (Lipinski definition) is 4. The second-order valence-corrected chi connectivity index (χ2v) is 5.15. The quantitative estimate of drug-likeness (QED) is 0.867. The highest BCUT2D eigenvalue weighted by Gasteiger charge is 2.22. The number of benzene rings is 1. The van der Waals surface area contributed by atoms with Crippen molar-refractivity contribution >= 4 is 5.69 Å². The minimum atomic E-state index is 0.234. The predicted molar refractivity (Wildman–Crippen MR) is 77.9 cm³/mol. The van der Waals surface area contributed by atoms with E-state index < -0.39 is 0 Å². The van der Waals surface area contributed by atoms with Gasteiger partial charge < -0.3 is 20.1 Å². The normalized spacial score (nSPS) is 24.1. The van der Waals surface area contributed by atoms with E-state index in [-0.39, 0.29) is 6.61 Å². The lowest BCUT2D eigenvalue weighted by Gasteiger charge is -2.31. The lowest BCUT2D eigenvalue weighted by atomic mass is 10.1. The molecule has 1 fully saturated rings. The van der Waals surface area contributed by atoms with E-state index in [1.807, 2.05) is 12.1 Å². The SMILES string of the molecule is COc1cccc(N2CC(CCO)NCCC2C)c1. The van der Waals surface area contributed by atoms with Crippen molar-refractivity contribution in [1.29, 1.82) is 0 Å². The number of rotatable bonds is 4. The highest BCUT2D eigenvalue weighted by Crippen LogP contribution is 2.25. The molecule has 1 aliphatic rings. The van der Waals surface area contributed by atoms with Crippen LogP contribution >= 0.6 is 0 Å². The summed E-state index contributed by atoms with van der Waals surface area (Å²) >= 11 is 0. The van der Waals surface area contributed by atoms with Crippen molar-refractivity contribution < 1.29 is 9.84 Å². The Balaban J connectivity index is 2.17. The van der Waals surface area contributed by atoms with Gasteiger partial charge in [-0.3, -0.25) is 0 Å². The van der Waals surface area contributed by atoms with Gasteiger partial charge in [0.1, 0.15) is 5.75 Å². The average molecular weight is 264 g/mol. The third-order valence-corrected chi connectivity index (χ3v) is 3.81. The van der Waals surface area contributed by atoms with Gasteiger partial charge in [-0.2, -0.15) is 0 Å². The molecule has 0 radical (unpaired) electrons. The Morgan fingerprint density at radius 2 is 2.32 bits per heavy atom. The van der Waals surface area contributed by atoms with E-state index in [9.17, 15) is 0 Å². The van der Waals surface area contributed by atoms with Gasteiger partial charge in [0, 0.05) is 37.0 Å². The smallest absolute Gasteiger partial charge is 0.120 e. The molecular formula is C15H24N2O2. The summed E-state index contributed by atoms with van der Waals surface area (Å²) in [5.41, 5.74) is 1.19. The summed E-state index contributed by atoms with van der Waals surface area (Å²) in [7, 11) is 1.70. The molecule has 0 spiro atoms. The van der Waals surface area contributed by atoms with Crippen LogP contribution in [0.15, 0.2) is 24.3 Å². The lowest BCUT2D eigenvalue weighted by Crippen LogP contribution is -2.40. The molecule has 19 heavy (non-hydrogen) atoms. The number of ether oxygens (including phenoxy) is 1. The van der Waals surface area contributed by atoms with Gasteiger partial charge in [-0.15, -0.1) is 0 Å². The van der Waals surface area contributed by atoms with Crippen LogP contribution < -0.4 is 15.0 Å². The van der Waals surface area contributed by atoms with Gasteiger partial charge in [0.15, 0.2) is 0 Å². The summed E-state index contributed by atoms with van der Waals surface area (Å²) in [6.45, 7) is 4.42. The first-order chi connectivity index (χ1) is 9.24. The second kappa shape index (κ2) is 6.78. The molecule has 106 valence electrons. The van der Waals surface area contributed by atoms with E-state index in [0.717, 1.165) is 31.7 Å². The van der Waals surface area contributed by atoms with Crippen LogP contribution in [0.4, 0.5) is 5.69 Å². The average Bonchev–Trinajstić information content (AvgIpc) is 2.61. The van der Waals surface area contributed by atoms with E-state index in [1.165, 1.54) is 5.69 Å². The Hall–Kier alpha value is -1.26. The van der Waals surface area contributed by atoms with Crippen LogP contribution in [-0.2, 0) is 0 Å². The fourth-order valence-corrected chi connectivity index (χ4v) is 2.63. The maximum atomic E-state index is 9.14. The second-order valence-electron chi connectivity index (χ2n) is 5.15. The van der Waals surface area contributed by atoms with Crippen molar-refractivity contribution in [2.75, 3.05) is 31.7 Å². The van der Waals surface area contributed by atoms with Crippen molar-refractivity contribution in [2.45, 2.75) is 31.8 Å². The molecule has 1 aromatic carbocycles. The summed E-state index contributed by atoms with van der Waals surface area (Å²) < 4.78 is 5.30. The van der Waals surface area contributed by atoms with Gasteiger partial charge in [-0.25, -0.2) is 0 Å². The number of aliphatic hydroxyl groups excluding tert-OH is 1. The summed E-state index contributed by atoms with van der Waals surface area (Å²) in [6, 6.07) is 9.04. The highest BCUT2D eigenvalue weighted by atomic mass is 16.5. The van der Waals surface area contributed by atoms with E-state index in [0.29, 0.717) is 12.1 Å². The zero-order chi connectivity index (χ0) is 13.7. The molecule has 4 nitrogen and oxygen atoms in total. The number of methoxy groups -OCH3 is 1. The van der Waals surface area contributed by atoms with Crippen molar-refractivity contribution in [3.8, 4) is 5.75 Å². The number of hydrogen-bond donors (Lipinski definition) is 2. The van der Waals surface area contributed by atoms with E-state index in [4.69, 9.17) is 9.84 Å². The van der Waals surface area contributed by atoms with Gasteiger partial charge in [0.25, 0.3) is 0 Å². The van der Waals surface area contributed by atoms with Gasteiger partial charge >= 0.3 is 0 Å². The topological polar surface area (TPSA) is 44.7 Å². The summed E-state index contributed by atoms with van der Waals surface area (Å²) in [6.07, 6.45) is 1.91. The zero-order valence-electron chi connectivity index (χ0n) is 11.8. The predicted octanol–water partition coefficient (Wildman–Crippen LogP) is 1.63. The van der Waals surface area contributed by atoms with Crippen molar-refractivity contribution in [3.63, 3.8) is 0 Å². The fourth-order valence-electron chi connectivity index (χ4n) is 2.63. The maximum Gasteiger partial charge on any atom is 0.120 e. The van der Waals surface area contributed by atoms with Crippen LogP contribution in [0.3, 0.4) is 0 Å². The molecule has 1 saturated heterocycles. The van der Waals surface area contributed by atoms with Crippen LogP contribution in [0.2, 0.25) is 0 Å². The summed E-state index contributed by atoms with van der Waals surface area (Å²) in [5.74, 6) is 0.889. The van der Waals surface area contributed by atoms with Crippen LogP contribution in [0, 0.1) is 0 Å². The van der Waals surface area contributed by atoms with Gasteiger partial charge in [0.2, 0.25) is 0 Å². The Morgan fingerprint density at radius 3 is 3.05 bits per heavy atom. The largest absolute Gasteiger partial charge is 0.497 e. The number of nitrogens with zero attached hydrogens (tertiary/aromatic N) is 1. The third-order valence-electron chi connectivity index (χ3n) is 3.81. The van der Waals surface area contributed by atoms with E-state index >= 15 is 0 Å². The van der Waals surface area contributed by atoms with Crippen molar-refractivity contribution in [1.82, 2.24) is 5.32 Å². The molecule has 2 unspecified atom stereocenters. The number of aliphatic hydroxyl groups is 1. The molecule has 2 rings (SSSR count). The van der Waals surface area contributed by atoms with Crippen LogP contribution in [0.1, 0.15) is 19.8 Å². The molecule has 2 N–H and O–H groups in total.